The maximum absolute atomic E-state index is 12.2. The molecule has 0 atom stereocenters. The summed E-state index contributed by atoms with van der Waals surface area (Å²) in [6.07, 6.45) is 6.45. The van der Waals surface area contributed by atoms with Crippen molar-refractivity contribution in [3.05, 3.63) is 88.8 Å². The number of amides is 1. The molecule has 10 heteroatoms. The number of halogens is 2. The highest BCUT2D eigenvalue weighted by atomic mass is 35.5. The number of rotatable bonds is 8. The molecule has 7 nitrogen and oxygen atoms in total. The zero-order valence-electron chi connectivity index (χ0n) is 17.1. The van der Waals surface area contributed by atoms with Crippen LogP contribution in [0.25, 0.3) is 23.2 Å². The number of nitrogens with one attached hydrogen (secondary N) is 1. The van der Waals surface area contributed by atoms with Gasteiger partial charge < -0.3 is 4.42 Å². The zero-order chi connectivity index (χ0) is 23.0. The molecule has 0 aliphatic rings. The number of benzene rings is 2. The van der Waals surface area contributed by atoms with Crippen LogP contribution in [0.2, 0.25) is 10.0 Å². The van der Waals surface area contributed by atoms with E-state index in [-0.39, 0.29) is 11.7 Å². The molecule has 0 saturated heterocycles. The lowest BCUT2D eigenvalue weighted by molar-refractivity contribution is -0.118. The Bertz CT molecular complexity index is 1270. The van der Waals surface area contributed by atoms with E-state index in [2.05, 4.69) is 20.7 Å². The van der Waals surface area contributed by atoms with Gasteiger partial charge in [-0.2, -0.15) is 5.10 Å². The lowest BCUT2D eigenvalue weighted by Gasteiger charge is -2.10. The van der Waals surface area contributed by atoms with E-state index >= 15 is 0 Å². The third-order valence-electron chi connectivity index (χ3n) is 4.31. The first-order chi connectivity index (χ1) is 16.1. The Morgan fingerprint density at radius 3 is 2.48 bits per heavy atom. The molecule has 4 aromatic rings. The number of hydrazone groups is 1. The van der Waals surface area contributed by atoms with Crippen LogP contribution in [0.4, 0.5) is 0 Å². The average molecular weight is 498 g/mol. The monoisotopic (exact) mass is 497 g/mol. The number of thioether (sulfide) groups is 1. The van der Waals surface area contributed by atoms with E-state index in [0.717, 1.165) is 11.3 Å². The number of aromatic nitrogens is 3. The van der Waals surface area contributed by atoms with Crippen molar-refractivity contribution >= 4 is 53.2 Å². The van der Waals surface area contributed by atoms with Gasteiger partial charge in [0.15, 0.2) is 11.0 Å². The lowest BCUT2D eigenvalue weighted by atomic mass is 10.2. The van der Waals surface area contributed by atoms with Crippen LogP contribution in [0.3, 0.4) is 0 Å². The van der Waals surface area contributed by atoms with Gasteiger partial charge >= 0.3 is 0 Å². The number of carbonyl (C=O) groups excluding carboxylic acids is 1. The fourth-order valence-electron chi connectivity index (χ4n) is 2.81. The van der Waals surface area contributed by atoms with Gasteiger partial charge in [0, 0.05) is 27.5 Å². The normalized spacial score (nSPS) is 11.5. The summed E-state index contributed by atoms with van der Waals surface area (Å²) >= 11 is 13.3. The van der Waals surface area contributed by atoms with Gasteiger partial charge in [-0.1, -0.05) is 35.0 Å². The summed E-state index contributed by atoms with van der Waals surface area (Å²) in [7, 11) is 0. The van der Waals surface area contributed by atoms with Crippen LogP contribution in [0.5, 0.6) is 0 Å². The van der Waals surface area contributed by atoms with E-state index < -0.39 is 0 Å². The summed E-state index contributed by atoms with van der Waals surface area (Å²) in [5.74, 6) is 1.15. The van der Waals surface area contributed by atoms with Crippen molar-refractivity contribution in [3.8, 4) is 17.1 Å². The zero-order valence-corrected chi connectivity index (χ0v) is 19.4. The van der Waals surface area contributed by atoms with Crippen molar-refractivity contribution in [1.82, 2.24) is 20.2 Å². The molecule has 0 aliphatic carbocycles. The number of carbonyl (C=O) groups is 1. The Kier molecular flexibility index (Phi) is 7.62. The minimum absolute atomic E-state index is 0.103. The first-order valence-electron chi connectivity index (χ1n) is 9.72. The van der Waals surface area contributed by atoms with Gasteiger partial charge in [0.2, 0.25) is 0 Å². The van der Waals surface area contributed by atoms with Gasteiger partial charge in [0.1, 0.15) is 5.76 Å². The molecule has 0 saturated carbocycles. The molecule has 0 spiro atoms. The van der Waals surface area contributed by atoms with Gasteiger partial charge in [0.25, 0.3) is 5.91 Å². The highest BCUT2D eigenvalue weighted by Crippen LogP contribution is 2.29. The molecular formula is C23H17Cl2N5O2S. The maximum atomic E-state index is 12.2. The second-order valence-corrected chi connectivity index (χ2v) is 8.42. The van der Waals surface area contributed by atoms with Crippen molar-refractivity contribution in [2.24, 2.45) is 5.10 Å². The quantitative estimate of drug-likeness (QED) is 0.190. The largest absolute Gasteiger partial charge is 0.465 e. The number of allylic oxidation sites excluding steroid dienone is 1. The molecule has 0 unspecified atom stereocenters. The molecule has 2 aromatic heterocycles. The van der Waals surface area contributed by atoms with Crippen molar-refractivity contribution < 1.29 is 9.21 Å². The summed E-state index contributed by atoms with van der Waals surface area (Å²) in [4.78, 5) is 12.2. The van der Waals surface area contributed by atoms with Crippen LogP contribution in [-0.2, 0) is 4.79 Å². The van der Waals surface area contributed by atoms with E-state index in [1.807, 2.05) is 34.9 Å². The second kappa shape index (κ2) is 11.0. The highest BCUT2D eigenvalue weighted by molar-refractivity contribution is 7.99. The van der Waals surface area contributed by atoms with Gasteiger partial charge in [0.05, 0.1) is 12.0 Å². The molecule has 33 heavy (non-hydrogen) atoms. The third-order valence-corrected chi connectivity index (χ3v) is 5.74. The summed E-state index contributed by atoms with van der Waals surface area (Å²) in [5, 5.41) is 14.3. The first-order valence-corrected chi connectivity index (χ1v) is 11.5. The third kappa shape index (κ3) is 6.13. The van der Waals surface area contributed by atoms with Crippen molar-refractivity contribution in [3.63, 3.8) is 0 Å². The first kappa shape index (κ1) is 22.8. The van der Waals surface area contributed by atoms with Gasteiger partial charge in [-0.3, -0.25) is 9.36 Å². The van der Waals surface area contributed by atoms with Crippen LogP contribution in [0.15, 0.2) is 87.7 Å². The van der Waals surface area contributed by atoms with Crippen molar-refractivity contribution in [2.45, 2.75) is 5.16 Å². The minimum atomic E-state index is -0.277. The van der Waals surface area contributed by atoms with Crippen LogP contribution in [0.1, 0.15) is 5.76 Å². The molecule has 2 aromatic carbocycles. The summed E-state index contributed by atoms with van der Waals surface area (Å²) < 4.78 is 7.04. The highest BCUT2D eigenvalue weighted by Gasteiger charge is 2.17. The van der Waals surface area contributed by atoms with E-state index in [9.17, 15) is 4.79 Å². The predicted molar refractivity (Wildman–Crippen MR) is 132 cm³/mol. The van der Waals surface area contributed by atoms with Crippen molar-refractivity contribution in [1.29, 1.82) is 0 Å². The van der Waals surface area contributed by atoms with E-state index in [1.165, 1.54) is 18.0 Å². The second-order valence-electron chi connectivity index (χ2n) is 6.60. The van der Waals surface area contributed by atoms with E-state index in [4.69, 9.17) is 27.6 Å². The van der Waals surface area contributed by atoms with Gasteiger partial charge in [-0.25, -0.2) is 5.43 Å². The molecule has 0 fully saturated rings. The van der Waals surface area contributed by atoms with E-state index in [1.54, 1.807) is 48.7 Å². The molecule has 1 amide bonds. The molecule has 2 heterocycles. The molecule has 0 aliphatic heterocycles. The van der Waals surface area contributed by atoms with E-state index in [0.29, 0.717) is 26.8 Å². The Hall–Kier alpha value is -3.33. The van der Waals surface area contributed by atoms with Crippen molar-refractivity contribution in [2.75, 3.05) is 5.75 Å². The fourth-order valence-corrected chi connectivity index (χ4v) is 3.81. The maximum Gasteiger partial charge on any atom is 0.250 e. The van der Waals surface area contributed by atoms with Crippen LogP contribution in [0, 0.1) is 0 Å². The Morgan fingerprint density at radius 2 is 1.79 bits per heavy atom. The molecule has 0 radical (unpaired) electrons. The SMILES string of the molecule is O=C(CSc1nnc(-c2ccc(Cl)cc2)n1-c1ccc(Cl)cc1)NN=CC=Cc1ccco1. The molecule has 0 bridgehead atoms. The number of hydrogen-bond donors (Lipinski definition) is 1. The molecule has 166 valence electrons. The Morgan fingerprint density at radius 1 is 1.06 bits per heavy atom. The average Bonchev–Trinajstić information content (AvgIpc) is 3.49. The standard InChI is InChI=1S/C23H17Cl2N5O2S/c24-17-7-5-16(6-8-17)22-28-29-23(30(22)19-11-9-18(25)10-12-19)33-15-21(31)27-26-13-1-3-20-4-2-14-32-20/h1-14H,15H2,(H,27,31). The smallest absolute Gasteiger partial charge is 0.250 e. The molecular weight excluding hydrogens is 481 g/mol. The Balaban J connectivity index is 1.47. The summed E-state index contributed by atoms with van der Waals surface area (Å²) in [6, 6.07) is 18.2. The number of hydrogen-bond acceptors (Lipinski definition) is 6. The summed E-state index contributed by atoms with van der Waals surface area (Å²) in [6.45, 7) is 0. The van der Waals surface area contributed by atoms with Crippen LogP contribution < -0.4 is 5.43 Å². The topological polar surface area (TPSA) is 85.3 Å². The number of nitrogens with zero attached hydrogens (tertiary/aromatic N) is 4. The fraction of sp³-hybridized carbons (Fsp3) is 0.0435. The Labute approximate surface area is 204 Å². The van der Waals surface area contributed by atoms with Crippen LogP contribution in [-0.4, -0.2) is 32.6 Å². The van der Waals surface area contributed by atoms with Gasteiger partial charge in [-0.05, 0) is 72.8 Å². The lowest BCUT2D eigenvalue weighted by Crippen LogP contribution is -2.19. The molecule has 1 N–H and O–H groups in total. The predicted octanol–water partition coefficient (Wildman–Crippen LogP) is 5.74. The number of furan rings is 1. The summed E-state index contributed by atoms with van der Waals surface area (Å²) in [5.41, 5.74) is 4.14. The minimum Gasteiger partial charge on any atom is -0.465 e. The van der Waals surface area contributed by atoms with Gasteiger partial charge in [-0.15, -0.1) is 10.2 Å². The van der Waals surface area contributed by atoms with Crippen LogP contribution >= 0.6 is 35.0 Å². The molecule has 4 rings (SSSR count).